The SMILES string of the molecule is CC.CC(C)=O.CCC.CNC(=O)[C@@H](CCC=O)N(C)Cc1cc(C2CC(Cc3cccc(Sc4ccc(Nc5nc6c(OC(C)C)c(-c7cn[nH]c7)ncn6n5)c(F)c4)c3)C2)ccc1C=O. The molecule has 1 atom stereocenters. The Balaban J connectivity index is 0.00000101. The Hall–Kier alpha value is -6.26. The number of amides is 1. The number of benzene rings is 3. The number of fused-ring (bicyclic) bond motifs is 1. The van der Waals surface area contributed by atoms with Crippen LogP contribution in [0.15, 0.2) is 89.2 Å². The van der Waals surface area contributed by atoms with E-state index in [1.807, 2.05) is 70.0 Å². The largest absolute Gasteiger partial charge is 0.485 e. The van der Waals surface area contributed by atoms with E-state index in [4.69, 9.17) is 4.74 Å². The van der Waals surface area contributed by atoms with Crippen LogP contribution in [0.4, 0.5) is 16.0 Å². The van der Waals surface area contributed by atoms with Crippen LogP contribution in [0.25, 0.3) is 16.9 Å². The van der Waals surface area contributed by atoms with Gasteiger partial charge in [0.25, 0.3) is 0 Å². The zero-order valence-electron chi connectivity index (χ0n) is 40.4. The van der Waals surface area contributed by atoms with Gasteiger partial charge in [0.1, 0.15) is 36.2 Å². The highest BCUT2D eigenvalue weighted by Gasteiger charge is 2.31. The van der Waals surface area contributed by atoms with Crippen LogP contribution in [0, 0.1) is 11.7 Å². The van der Waals surface area contributed by atoms with Gasteiger partial charge in [0, 0.05) is 47.1 Å². The molecule has 358 valence electrons. The van der Waals surface area contributed by atoms with E-state index in [-0.39, 0.29) is 35.9 Å². The number of ether oxygens (including phenoxy) is 1. The highest BCUT2D eigenvalue weighted by molar-refractivity contribution is 7.99. The third kappa shape index (κ3) is 15.4. The number of rotatable bonds is 18. The molecule has 3 aromatic heterocycles. The molecule has 3 aromatic carbocycles. The molecular weight excluding hydrogens is 870 g/mol. The molecule has 6 aromatic rings. The van der Waals surface area contributed by atoms with Crippen molar-refractivity contribution in [3.05, 3.63) is 107 Å². The zero-order chi connectivity index (χ0) is 49.0. The normalized spacial score (nSPS) is 14.3. The molecule has 0 unspecified atom stereocenters. The van der Waals surface area contributed by atoms with Crippen molar-refractivity contribution in [2.24, 2.45) is 5.92 Å². The highest BCUT2D eigenvalue weighted by atomic mass is 32.2. The van der Waals surface area contributed by atoms with Crippen molar-refractivity contribution in [3.8, 4) is 17.0 Å². The third-order valence-electron chi connectivity index (χ3n) is 10.4. The van der Waals surface area contributed by atoms with Gasteiger partial charge in [0.15, 0.2) is 5.75 Å². The van der Waals surface area contributed by atoms with Crippen LogP contribution in [-0.4, -0.2) is 85.2 Å². The van der Waals surface area contributed by atoms with E-state index in [9.17, 15) is 19.2 Å². The van der Waals surface area contributed by atoms with Crippen molar-refractivity contribution in [1.29, 1.82) is 0 Å². The number of aromatic nitrogens is 6. The molecular formula is C51H66FN9O5S. The van der Waals surface area contributed by atoms with E-state index in [1.165, 1.54) is 60.1 Å². The lowest BCUT2D eigenvalue weighted by Crippen LogP contribution is -2.43. The van der Waals surface area contributed by atoms with E-state index in [1.54, 1.807) is 25.5 Å². The van der Waals surface area contributed by atoms with Gasteiger partial charge in [-0.3, -0.25) is 19.6 Å². The second-order valence-corrected chi connectivity index (χ2v) is 17.7. The maximum atomic E-state index is 15.5. The summed E-state index contributed by atoms with van der Waals surface area (Å²) in [6.45, 7) is 15.6. The Kier molecular flexibility index (Phi) is 21.3. The lowest BCUT2D eigenvalue weighted by atomic mass is 9.69. The van der Waals surface area contributed by atoms with Crippen LogP contribution in [0.2, 0.25) is 0 Å². The zero-order valence-corrected chi connectivity index (χ0v) is 41.2. The molecule has 14 nitrogen and oxygen atoms in total. The molecule has 1 saturated carbocycles. The monoisotopic (exact) mass is 935 g/mol. The number of H-pyrrole nitrogens is 1. The molecule has 0 radical (unpaired) electrons. The van der Waals surface area contributed by atoms with E-state index in [0.717, 1.165) is 52.8 Å². The van der Waals surface area contributed by atoms with E-state index in [0.29, 0.717) is 47.5 Å². The maximum absolute atomic E-state index is 15.5. The summed E-state index contributed by atoms with van der Waals surface area (Å²) in [5, 5.41) is 17.0. The summed E-state index contributed by atoms with van der Waals surface area (Å²) < 4.78 is 23.1. The first kappa shape index (κ1) is 53.4. The number of hydrogen-bond donors (Lipinski definition) is 3. The van der Waals surface area contributed by atoms with Crippen molar-refractivity contribution in [3.63, 3.8) is 0 Å². The minimum atomic E-state index is -0.469. The van der Waals surface area contributed by atoms with Crippen molar-refractivity contribution < 1.29 is 28.3 Å². The molecule has 1 aliphatic carbocycles. The summed E-state index contributed by atoms with van der Waals surface area (Å²) >= 11 is 1.50. The summed E-state index contributed by atoms with van der Waals surface area (Å²) in [7, 11) is 3.43. The minimum Gasteiger partial charge on any atom is -0.485 e. The van der Waals surface area contributed by atoms with Crippen LogP contribution in [0.3, 0.4) is 0 Å². The first-order valence-electron chi connectivity index (χ1n) is 22.9. The number of nitrogens with zero attached hydrogens (tertiary/aromatic N) is 6. The van der Waals surface area contributed by atoms with Gasteiger partial charge >= 0.3 is 0 Å². The van der Waals surface area contributed by atoms with Gasteiger partial charge in [0.2, 0.25) is 17.5 Å². The Morgan fingerprint density at radius 2 is 1.76 bits per heavy atom. The van der Waals surface area contributed by atoms with Gasteiger partial charge in [-0.15, -0.1) is 5.10 Å². The van der Waals surface area contributed by atoms with E-state index >= 15 is 4.39 Å². The van der Waals surface area contributed by atoms with Gasteiger partial charge in [0.05, 0.1) is 24.0 Å². The summed E-state index contributed by atoms with van der Waals surface area (Å²) in [5.41, 5.74) is 5.89. The van der Waals surface area contributed by atoms with Crippen LogP contribution in [-0.2, 0) is 27.3 Å². The second-order valence-electron chi connectivity index (χ2n) is 16.5. The molecule has 1 fully saturated rings. The van der Waals surface area contributed by atoms with Gasteiger partial charge in [-0.1, -0.05) is 76.2 Å². The fourth-order valence-corrected chi connectivity index (χ4v) is 8.36. The number of hydrogen-bond acceptors (Lipinski definition) is 12. The molecule has 16 heteroatoms. The number of aldehydes is 2. The lowest BCUT2D eigenvalue weighted by Gasteiger charge is -2.36. The predicted molar refractivity (Wildman–Crippen MR) is 264 cm³/mol. The van der Waals surface area contributed by atoms with Crippen molar-refractivity contribution in [1.82, 2.24) is 40.0 Å². The molecule has 1 aliphatic rings. The molecule has 0 spiro atoms. The smallest absolute Gasteiger partial charge is 0.247 e. The molecule has 7 rings (SSSR count). The number of aromatic amines is 1. The average Bonchev–Trinajstić information content (AvgIpc) is 3.98. The fourth-order valence-electron chi connectivity index (χ4n) is 7.43. The molecule has 67 heavy (non-hydrogen) atoms. The van der Waals surface area contributed by atoms with Gasteiger partial charge in [-0.2, -0.15) is 14.6 Å². The second kappa shape index (κ2) is 26.8. The van der Waals surface area contributed by atoms with E-state index in [2.05, 4.69) is 67.9 Å². The molecule has 1 amide bonds. The first-order valence-corrected chi connectivity index (χ1v) is 23.7. The number of likely N-dealkylation sites (N-methyl/N-ethyl adjacent to an activating group) is 2. The Morgan fingerprint density at radius 1 is 1.04 bits per heavy atom. The summed E-state index contributed by atoms with van der Waals surface area (Å²) in [5.74, 6) is 1.13. The summed E-state index contributed by atoms with van der Waals surface area (Å²) in [6, 6.07) is 19.0. The quantitative estimate of drug-likeness (QED) is 0.0696. The predicted octanol–water partition coefficient (Wildman–Crippen LogP) is 10.4. The first-order chi connectivity index (χ1) is 32.3. The van der Waals surface area contributed by atoms with Crippen LogP contribution < -0.4 is 15.4 Å². The molecule has 0 aliphatic heterocycles. The topological polar surface area (TPSA) is 177 Å². The molecule has 0 bridgehead atoms. The molecule has 3 N–H and O–H groups in total. The van der Waals surface area contributed by atoms with Gasteiger partial charge < -0.3 is 25.0 Å². The number of anilines is 2. The van der Waals surface area contributed by atoms with Crippen LogP contribution >= 0.6 is 11.8 Å². The van der Waals surface area contributed by atoms with Crippen LogP contribution in [0.5, 0.6) is 5.75 Å². The third-order valence-corrected chi connectivity index (χ3v) is 11.4. The van der Waals surface area contributed by atoms with Crippen LogP contribution in [0.1, 0.15) is 120 Å². The maximum Gasteiger partial charge on any atom is 0.247 e. The number of carbonyl (C=O) groups excluding carboxylic acids is 4. The standard InChI is InChI=1S/C43H46FN9O4S.C3H6O.C3H8.C2H6/c1-26(2)57-40-39(33-21-47-48-22-33)46-25-53-41(40)50-43(51-53)49-37-13-12-35(20-36(37)44)58-34-8-5-7-27(18-34)15-28-16-31(17-28)29-10-11-30(24-55)32(19-29)23-52(4)38(9-6-14-54)42(56)45-3;1-3(2)4;1-3-2;1-2/h5,7-8,10-14,18-22,24-26,28,31,38H,6,9,15-17,23H2,1-4H3,(H,45,56)(H,47,48)(H,49,51);1-2H3;3H2,1-2H3;1-2H3/t28?,31?,38-;;;/m1.../s1. The van der Waals surface area contributed by atoms with Crippen molar-refractivity contribution in [2.45, 2.75) is 128 Å². The number of nitrogens with one attached hydrogen (secondary N) is 3. The molecule has 0 saturated heterocycles. The summed E-state index contributed by atoms with van der Waals surface area (Å²) in [4.78, 5) is 57.7. The summed E-state index contributed by atoms with van der Waals surface area (Å²) in [6.07, 6.45) is 11.4. The number of carbonyl (C=O) groups is 4. The number of halogens is 1. The van der Waals surface area contributed by atoms with Gasteiger partial charge in [-0.05, 0) is 119 Å². The lowest BCUT2D eigenvalue weighted by molar-refractivity contribution is -0.126. The number of Topliss-reactive ketones (excluding diaryl/α,β-unsaturated/α-hetero) is 1. The van der Waals surface area contributed by atoms with Crippen molar-refractivity contribution in [2.75, 3.05) is 19.4 Å². The Labute approximate surface area is 398 Å². The molecule has 3 heterocycles. The Morgan fingerprint density at radius 3 is 2.39 bits per heavy atom. The Bertz CT molecular complexity index is 2520. The average molecular weight is 936 g/mol. The van der Waals surface area contributed by atoms with Gasteiger partial charge in [-0.25, -0.2) is 9.37 Å². The van der Waals surface area contributed by atoms with Crippen molar-refractivity contribution >= 4 is 53.3 Å². The highest BCUT2D eigenvalue weighted by Crippen LogP contribution is 2.44. The fraction of sp³-hybridized carbons (Fsp3) is 0.412. The minimum absolute atomic E-state index is 0.146. The number of ketones is 1. The van der Waals surface area contributed by atoms with E-state index < -0.39 is 11.9 Å².